The van der Waals surface area contributed by atoms with Crippen LogP contribution in [-0.2, 0) is 6.54 Å². The van der Waals surface area contributed by atoms with Gasteiger partial charge in [0, 0.05) is 18.5 Å². The Hall–Kier alpha value is -1.55. The first-order valence-electron chi connectivity index (χ1n) is 5.45. The fourth-order valence-electron chi connectivity index (χ4n) is 1.67. The minimum atomic E-state index is -0.375. The first-order valence-corrected chi connectivity index (χ1v) is 5.45. The fraction of sp³-hybridized carbons (Fsp3) is 0.417. The molecule has 0 fully saturated rings. The van der Waals surface area contributed by atoms with E-state index >= 15 is 0 Å². The molecule has 2 heterocycles. The van der Waals surface area contributed by atoms with Crippen molar-refractivity contribution in [2.75, 3.05) is 0 Å². The maximum atomic E-state index is 9.67. The van der Waals surface area contributed by atoms with Crippen LogP contribution < -0.4 is 0 Å². The predicted molar refractivity (Wildman–Crippen MR) is 60.0 cm³/mol. The van der Waals surface area contributed by atoms with Crippen molar-refractivity contribution in [1.82, 2.24) is 9.72 Å². The Bertz CT molecular complexity index is 459. The highest BCUT2D eigenvalue weighted by Crippen LogP contribution is 2.16. The minimum absolute atomic E-state index is 0.375. The van der Waals surface area contributed by atoms with Crippen molar-refractivity contribution in [3.05, 3.63) is 41.5 Å². The molecular weight excluding hydrogens is 204 g/mol. The number of aryl methyl sites for hydroxylation is 1. The van der Waals surface area contributed by atoms with Gasteiger partial charge in [-0.05, 0) is 25.0 Å². The Kier molecular flexibility index (Phi) is 3.10. The maximum Gasteiger partial charge on any atom is 0.133 e. The lowest BCUT2D eigenvalue weighted by Gasteiger charge is -2.03. The lowest BCUT2D eigenvalue weighted by atomic mass is 10.1. The number of nitrogens with zero attached hydrogens (tertiary/aromatic N) is 2. The van der Waals surface area contributed by atoms with Crippen LogP contribution >= 0.6 is 0 Å². The van der Waals surface area contributed by atoms with Gasteiger partial charge in [-0.1, -0.05) is 12.1 Å². The summed E-state index contributed by atoms with van der Waals surface area (Å²) in [4.78, 5) is 0. The zero-order chi connectivity index (χ0) is 11.5. The Balaban J connectivity index is 2.08. The second kappa shape index (κ2) is 4.53. The average molecular weight is 220 g/mol. The number of aliphatic hydroxyl groups excluding tert-OH is 1. The third-order valence-corrected chi connectivity index (χ3v) is 2.57. The van der Waals surface area contributed by atoms with Gasteiger partial charge in [0.15, 0.2) is 0 Å². The van der Waals surface area contributed by atoms with E-state index in [2.05, 4.69) is 5.16 Å². The molecule has 86 valence electrons. The molecule has 0 aliphatic carbocycles. The molecule has 0 saturated carbocycles. The van der Waals surface area contributed by atoms with Gasteiger partial charge in [-0.25, -0.2) is 0 Å². The number of rotatable bonds is 4. The molecule has 1 unspecified atom stereocenters. The quantitative estimate of drug-likeness (QED) is 0.860. The predicted octanol–water partition coefficient (Wildman–Crippen LogP) is 2.28. The van der Waals surface area contributed by atoms with Crippen molar-refractivity contribution in [3.63, 3.8) is 0 Å². The van der Waals surface area contributed by atoms with Crippen LogP contribution in [0.2, 0.25) is 0 Å². The minimum Gasteiger partial charge on any atom is -0.388 e. The smallest absolute Gasteiger partial charge is 0.133 e. The third kappa shape index (κ3) is 2.33. The molecule has 4 heteroatoms. The van der Waals surface area contributed by atoms with Gasteiger partial charge in [-0.3, -0.25) is 0 Å². The molecule has 1 atom stereocenters. The Morgan fingerprint density at radius 1 is 1.56 bits per heavy atom. The molecule has 16 heavy (non-hydrogen) atoms. The molecule has 0 aromatic carbocycles. The molecule has 0 spiro atoms. The van der Waals surface area contributed by atoms with Gasteiger partial charge in [0.1, 0.15) is 11.5 Å². The second-order valence-electron chi connectivity index (χ2n) is 3.97. The van der Waals surface area contributed by atoms with Crippen LogP contribution in [0.25, 0.3) is 0 Å². The Morgan fingerprint density at radius 2 is 2.38 bits per heavy atom. The van der Waals surface area contributed by atoms with E-state index in [9.17, 15) is 5.11 Å². The Labute approximate surface area is 94.5 Å². The van der Waals surface area contributed by atoms with Gasteiger partial charge >= 0.3 is 0 Å². The monoisotopic (exact) mass is 220 g/mol. The maximum absolute atomic E-state index is 9.67. The van der Waals surface area contributed by atoms with Crippen molar-refractivity contribution in [2.24, 2.45) is 0 Å². The molecule has 2 rings (SSSR count). The van der Waals surface area contributed by atoms with E-state index in [1.807, 2.05) is 42.9 Å². The van der Waals surface area contributed by atoms with Crippen LogP contribution in [0.3, 0.4) is 0 Å². The summed E-state index contributed by atoms with van der Waals surface area (Å²) in [5.74, 6) is 0.816. The summed E-state index contributed by atoms with van der Waals surface area (Å²) in [6, 6.07) is 3.84. The van der Waals surface area contributed by atoms with Crippen molar-refractivity contribution in [2.45, 2.75) is 32.9 Å². The summed E-state index contributed by atoms with van der Waals surface area (Å²) in [6.45, 7) is 4.51. The summed E-state index contributed by atoms with van der Waals surface area (Å²) in [5, 5.41) is 13.6. The summed E-state index contributed by atoms with van der Waals surface area (Å²) in [6.07, 6.45) is 4.24. The van der Waals surface area contributed by atoms with Gasteiger partial charge < -0.3 is 14.2 Å². The fourth-order valence-corrected chi connectivity index (χ4v) is 1.67. The molecule has 0 bridgehead atoms. The first kappa shape index (κ1) is 11.0. The largest absolute Gasteiger partial charge is 0.388 e. The lowest BCUT2D eigenvalue weighted by molar-refractivity contribution is 0.173. The second-order valence-corrected chi connectivity index (χ2v) is 3.97. The van der Waals surface area contributed by atoms with E-state index in [-0.39, 0.29) is 6.10 Å². The number of hydrogen-bond donors (Lipinski definition) is 1. The van der Waals surface area contributed by atoms with Gasteiger partial charge in [0.2, 0.25) is 0 Å². The highest BCUT2D eigenvalue weighted by molar-refractivity contribution is 5.15. The molecule has 0 aliphatic rings. The van der Waals surface area contributed by atoms with Gasteiger partial charge in [-0.15, -0.1) is 0 Å². The van der Waals surface area contributed by atoms with E-state index < -0.39 is 0 Å². The summed E-state index contributed by atoms with van der Waals surface area (Å²) in [5.41, 5.74) is 1.84. The Morgan fingerprint density at radius 3 is 3.00 bits per heavy atom. The molecule has 0 aliphatic heterocycles. The van der Waals surface area contributed by atoms with Crippen molar-refractivity contribution < 1.29 is 9.63 Å². The van der Waals surface area contributed by atoms with Crippen molar-refractivity contribution in [3.8, 4) is 0 Å². The van der Waals surface area contributed by atoms with Crippen LogP contribution in [0.1, 0.15) is 36.5 Å². The van der Waals surface area contributed by atoms with E-state index in [0.29, 0.717) is 6.54 Å². The highest BCUT2D eigenvalue weighted by atomic mass is 16.5. The van der Waals surface area contributed by atoms with E-state index in [1.165, 1.54) is 0 Å². The molecule has 0 radical (unpaired) electrons. The van der Waals surface area contributed by atoms with Crippen LogP contribution in [0.5, 0.6) is 0 Å². The van der Waals surface area contributed by atoms with Gasteiger partial charge in [0.05, 0.1) is 12.6 Å². The third-order valence-electron chi connectivity index (χ3n) is 2.57. The first-order chi connectivity index (χ1) is 7.69. The van der Waals surface area contributed by atoms with Crippen LogP contribution in [0, 0.1) is 6.92 Å². The van der Waals surface area contributed by atoms with Crippen LogP contribution in [-0.4, -0.2) is 14.8 Å². The zero-order valence-electron chi connectivity index (χ0n) is 9.55. The summed E-state index contributed by atoms with van der Waals surface area (Å²) in [7, 11) is 0. The van der Waals surface area contributed by atoms with Gasteiger partial charge in [-0.2, -0.15) is 0 Å². The molecule has 2 aromatic rings. The van der Waals surface area contributed by atoms with Crippen LogP contribution in [0.15, 0.2) is 29.0 Å². The van der Waals surface area contributed by atoms with Crippen molar-refractivity contribution >= 4 is 0 Å². The SMILES string of the molecule is CCC(O)c1ccn(Cc2cc(C)on2)c1. The molecule has 0 amide bonds. The van der Waals surface area contributed by atoms with Crippen molar-refractivity contribution in [1.29, 1.82) is 0 Å². The molecule has 4 nitrogen and oxygen atoms in total. The number of aromatic nitrogens is 2. The highest BCUT2D eigenvalue weighted by Gasteiger charge is 2.07. The van der Waals surface area contributed by atoms with Crippen LogP contribution in [0.4, 0.5) is 0 Å². The molecule has 1 N–H and O–H groups in total. The summed E-state index contributed by atoms with van der Waals surface area (Å²) >= 11 is 0. The zero-order valence-corrected chi connectivity index (χ0v) is 9.55. The summed E-state index contributed by atoms with van der Waals surface area (Å²) < 4.78 is 6.99. The molecule has 2 aromatic heterocycles. The van der Waals surface area contributed by atoms with E-state index in [4.69, 9.17) is 4.52 Å². The van der Waals surface area contributed by atoms with E-state index in [1.54, 1.807) is 0 Å². The standard InChI is InChI=1S/C12H16N2O2/c1-3-12(15)10-4-5-14(7-10)8-11-6-9(2)16-13-11/h4-7,12,15H,3,8H2,1-2H3. The molecular formula is C12H16N2O2. The lowest BCUT2D eigenvalue weighted by Crippen LogP contribution is -1.97. The average Bonchev–Trinajstić information content (AvgIpc) is 2.87. The topological polar surface area (TPSA) is 51.2 Å². The number of aliphatic hydroxyl groups is 1. The normalized spacial score (nSPS) is 12.9. The van der Waals surface area contributed by atoms with E-state index in [0.717, 1.165) is 23.4 Å². The molecule has 0 saturated heterocycles. The number of hydrogen-bond acceptors (Lipinski definition) is 3. The van der Waals surface area contributed by atoms with Gasteiger partial charge in [0.25, 0.3) is 0 Å².